The molecule has 1 heterocycles. The summed E-state index contributed by atoms with van der Waals surface area (Å²) in [6, 6.07) is 10.6. The Hall–Kier alpha value is -2.69. The summed E-state index contributed by atoms with van der Waals surface area (Å²) in [6.45, 7) is 1.57. The van der Waals surface area contributed by atoms with Crippen LogP contribution in [-0.2, 0) is 0 Å². The molecule has 29 heavy (non-hydrogen) atoms. The van der Waals surface area contributed by atoms with Crippen LogP contribution in [0.3, 0.4) is 0 Å². The number of nitrogens with zero attached hydrogens (tertiary/aromatic N) is 1. The van der Waals surface area contributed by atoms with Crippen LogP contribution in [0.5, 0.6) is 17.4 Å². The van der Waals surface area contributed by atoms with E-state index < -0.39 is 0 Å². The van der Waals surface area contributed by atoms with Gasteiger partial charge in [-0.25, -0.2) is 4.39 Å². The monoisotopic (exact) mass is 480 g/mol. The van der Waals surface area contributed by atoms with Gasteiger partial charge in [0.15, 0.2) is 0 Å². The van der Waals surface area contributed by atoms with E-state index in [2.05, 4.69) is 30.9 Å². The molecule has 1 atom stereocenters. The molecule has 3 aromatic rings. The maximum Gasteiger partial charge on any atom is 0.236 e. The second-order valence-corrected chi connectivity index (χ2v) is 7.77. The molecule has 10 heteroatoms. The van der Waals surface area contributed by atoms with E-state index in [0.717, 1.165) is 11.5 Å². The fraction of sp³-hybridized carbons (Fsp3) is 0.158. The van der Waals surface area contributed by atoms with Crippen molar-refractivity contribution in [1.29, 1.82) is 5.41 Å². The van der Waals surface area contributed by atoms with Crippen molar-refractivity contribution in [3.63, 3.8) is 0 Å². The van der Waals surface area contributed by atoms with Crippen molar-refractivity contribution in [3.8, 4) is 17.4 Å². The number of hydrogen-bond donors (Lipinski definition) is 5. The number of anilines is 2. The Balaban J connectivity index is 1.77. The second-order valence-electron chi connectivity index (χ2n) is 6.14. The number of ether oxygens (including phenoxy) is 1. The predicted octanol–water partition coefficient (Wildman–Crippen LogP) is 4.58. The van der Waals surface area contributed by atoms with Gasteiger partial charge in [-0.05, 0) is 76.9 Å². The van der Waals surface area contributed by atoms with Crippen molar-refractivity contribution < 1.29 is 19.3 Å². The van der Waals surface area contributed by atoms with Crippen LogP contribution in [0, 0.1) is 11.2 Å². The van der Waals surface area contributed by atoms with Crippen LogP contribution in [-0.4, -0.2) is 33.1 Å². The zero-order valence-electron chi connectivity index (χ0n) is 15.2. The van der Waals surface area contributed by atoms with E-state index in [-0.39, 0.29) is 35.7 Å². The second kappa shape index (κ2) is 9.21. The van der Waals surface area contributed by atoms with Gasteiger partial charge in [-0.3, -0.25) is 5.41 Å². The molecule has 0 aliphatic rings. The summed E-state index contributed by atoms with van der Waals surface area (Å²) in [4.78, 5) is 0. The van der Waals surface area contributed by atoms with E-state index >= 15 is 0 Å². The van der Waals surface area contributed by atoms with Crippen molar-refractivity contribution in [1.82, 2.24) is 9.69 Å². The number of aromatic hydroxyl groups is 1. The Morgan fingerprint density at radius 3 is 2.69 bits per heavy atom. The van der Waals surface area contributed by atoms with Crippen LogP contribution < -0.4 is 15.4 Å². The van der Waals surface area contributed by atoms with E-state index in [0.29, 0.717) is 26.7 Å². The average Bonchev–Trinajstić information content (AvgIpc) is 3.05. The molecule has 1 unspecified atom stereocenters. The molecular weight excluding hydrogens is 463 g/mol. The summed E-state index contributed by atoms with van der Waals surface area (Å²) >= 11 is 4.46. The lowest BCUT2D eigenvalue weighted by Gasteiger charge is -2.14. The maximum atomic E-state index is 13.0. The van der Waals surface area contributed by atoms with Crippen LogP contribution in [0.1, 0.15) is 12.5 Å². The van der Waals surface area contributed by atoms with E-state index in [4.69, 9.17) is 15.3 Å². The third-order valence-electron chi connectivity index (χ3n) is 3.82. The van der Waals surface area contributed by atoms with Crippen LogP contribution in [0.25, 0.3) is 0 Å². The minimum absolute atomic E-state index is 0.0457. The standard InChI is InChI=1S/C19H18BrFN4O3S/c1-10(9-26)23-17(22)16-18(27)25-29-19(16)24-12-4-7-15(14(20)8-12)28-13-5-2-11(21)3-6-13/h2-8,10,24,26H,9H2,1H3,(H2,22,23)(H,25,27). The molecule has 0 amide bonds. The molecule has 0 bridgehead atoms. The molecule has 0 aliphatic heterocycles. The van der Waals surface area contributed by atoms with Crippen LogP contribution in [0.2, 0.25) is 0 Å². The number of nitrogens with one attached hydrogen (secondary N) is 3. The highest BCUT2D eigenvalue weighted by Crippen LogP contribution is 2.36. The Bertz CT molecular complexity index is 1010. The Labute approximate surface area is 179 Å². The first kappa shape index (κ1) is 21.0. The number of amidine groups is 1. The van der Waals surface area contributed by atoms with Gasteiger partial charge in [0, 0.05) is 11.7 Å². The van der Waals surface area contributed by atoms with Gasteiger partial charge in [0.1, 0.15) is 33.7 Å². The number of aromatic nitrogens is 1. The van der Waals surface area contributed by atoms with Crippen LogP contribution in [0.4, 0.5) is 15.1 Å². The van der Waals surface area contributed by atoms with E-state index in [9.17, 15) is 9.50 Å². The zero-order valence-corrected chi connectivity index (χ0v) is 17.6. The van der Waals surface area contributed by atoms with E-state index in [1.165, 1.54) is 24.3 Å². The Morgan fingerprint density at radius 2 is 2.03 bits per heavy atom. The lowest BCUT2D eigenvalue weighted by Crippen LogP contribution is -2.35. The van der Waals surface area contributed by atoms with Gasteiger partial charge in [-0.15, -0.1) is 0 Å². The Morgan fingerprint density at radius 1 is 1.31 bits per heavy atom. The third kappa shape index (κ3) is 5.22. The lowest BCUT2D eigenvalue weighted by molar-refractivity contribution is 0.264. The Kier molecular flexibility index (Phi) is 6.68. The number of aliphatic hydroxyl groups is 1. The third-order valence-corrected chi connectivity index (χ3v) is 5.19. The minimum atomic E-state index is -0.341. The summed E-state index contributed by atoms with van der Waals surface area (Å²) in [5.41, 5.74) is 0.897. The molecular formula is C19H18BrFN4O3S. The fourth-order valence-corrected chi connectivity index (χ4v) is 3.56. The molecule has 2 aromatic carbocycles. The summed E-state index contributed by atoms with van der Waals surface area (Å²) in [5, 5.41) is 33.7. The molecule has 0 fully saturated rings. The quantitative estimate of drug-likeness (QED) is 0.250. The van der Waals surface area contributed by atoms with Gasteiger partial charge < -0.3 is 25.6 Å². The molecule has 0 saturated heterocycles. The lowest BCUT2D eigenvalue weighted by atomic mass is 10.2. The van der Waals surface area contributed by atoms with Gasteiger partial charge >= 0.3 is 0 Å². The van der Waals surface area contributed by atoms with Gasteiger partial charge in [-0.1, -0.05) is 0 Å². The number of hydrogen-bond acceptors (Lipinski definition) is 7. The first-order chi connectivity index (χ1) is 13.9. The first-order valence-electron chi connectivity index (χ1n) is 8.52. The summed E-state index contributed by atoms with van der Waals surface area (Å²) in [5.74, 6) is 0.389. The SMILES string of the molecule is CC(CO)NC(=N)c1c(O)nsc1Nc1ccc(Oc2ccc(F)cc2)c(Br)c1. The van der Waals surface area contributed by atoms with Crippen molar-refractivity contribution in [2.45, 2.75) is 13.0 Å². The van der Waals surface area contributed by atoms with E-state index in [1.807, 2.05) is 0 Å². The normalized spacial score (nSPS) is 11.7. The highest BCUT2D eigenvalue weighted by molar-refractivity contribution is 9.10. The van der Waals surface area contributed by atoms with Gasteiger partial charge in [0.05, 0.1) is 11.1 Å². The number of halogens is 2. The predicted molar refractivity (Wildman–Crippen MR) is 114 cm³/mol. The van der Waals surface area contributed by atoms with Crippen molar-refractivity contribution >= 4 is 44.0 Å². The molecule has 1 aromatic heterocycles. The van der Waals surface area contributed by atoms with Crippen molar-refractivity contribution in [2.24, 2.45) is 0 Å². The maximum absolute atomic E-state index is 13.0. The topological polar surface area (TPSA) is 110 Å². The summed E-state index contributed by atoms with van der Waals surface area (Å²) in [7, 11) is 0. The summed E-state index contributed by atoms with van der Waals surface area (Å²) < 4.78 is 23.3. The molecule has 0 aliphatic carbocycles. The number of benzene rings is 2. The van der Waals surface area contributed by atoms with Crippen molar-refractivity contribution in [3.05, 3.63) is 58.3 Å². The smallest absolute Gasteiger partial charge is 0.236 e. The van der Waals surface area contributed by atoms with E-state index in [1.54, 1.807) is 25.1 Å². The van der Waals surface area contributed by atoms with Crippen LogP contribution >= 0.6 is 27.5 Å². The van der Waals surface area contributed by atoms with Gasteiger partial charge in [-0.2, -0.15) is 4.37 Å². The zero-order chi connectivity index (χ0) is 21.0. The molecule has 5 N–H and O–H groups in total. The molecule has 3 rings (SSSR count). The van der Waals surface area contributed by atoms with Gasteiger partial charge in [0.25, 0.3) is 0 Å². The molecule has 0 spiro atoms. The highest BCUT2D eigenvalue weighted by Gasteiger charge is 2.19. The fourth-order valence-electron chi connectivity index (χ4n) is 2.38. The van der Waals surface area contributed by atoms with Crippen molar-refractivity contribution in [2.75, 3.05) is 11.9 Å². The highest BCUT2D eigenvalue weighted by atomic mass is 79.9. The average molecular weight is 481 g/mol. The van der Waals surface area contributed by atoms with Gasteiger partial charge in [0.2, 0.25) is 5.88 Å². The number of rotatable bonds is 7. The van der Waals surface area contributed by atoms with Crippen LogP contribution in [0.15, 0.2) is 46.9 Å². The largest absolute Gasteiger partial charge is 0.492 e. The molecule has 7 nitrogen and oxygen atoms in total. The minimum Gasteiger partial charge on any atom is -0.492 e. The number of aliphatic hydroxyl groups excluding tert-OH is 1. The molecule has 152 valence electrons. The molecule has 0 saturated carbocycles. The first-order valence-corrected chi connectivity index (χ1v) is 10.1. The molecule has 0 radical (unpaired) electrons. The summed E-state index contributed by atoms with van der Waals surface area (Å²) in [6.07, 6.45) is 0.